The van der Waals surface area contributed by atoms with Crippen molar-refractivity contribution in [1.82, 2.24) is 15.5 Å². The number of nitro benzene ring substituents is 1. The summed E-state index contributed by atoms with van der Waals surface area (Å²) in [4.78, 5) is 23.6. The van der Waals surface area contributed by atoms with Crippen molar-refractivity contribution < 1.29 is 22.9 Å². The van der Waals surface area contributed by atoms with Crippen molar-refractivity contribution in [3.05, 3.63) is 38.9 Å². The predicted molar refractivity (Wildman–Crippen MR) is 92.0 cm³/mol. The fraction of sp³-hybridized carbons (Fsp3) is 0.500. The number of alkyl halides is 3. The third-order valence-corrected chi connectivity index (χ3v) is 4.15. The van der Waals surface area contributed by atoms with Gasteiger partial charge in [-0.2, -0.15) is 13.2 Å². The molecule has 2 rings (SSSR count). The monoisotopic (exact) mass is 416 g/mol. The zero-order valence-electron chi connectivity index (χ0n) is 13.4. The van der Waals surface area contributed by atoms with Gasteiger partial charge in [0.15, 0.2) is 0 Å². The zero-order valence-corrected chi connectivity index (χ0v) is 15.0. The Labute approximate surface area is 158 Å². The Morgan fingerprint density at radius 1 is 1.38 bits per heavy atom. The van der Waals surface area contributed by atoms with Crippen molar-refractivity contribution >= 4 is 35.6 Å². The number of hydrogen-bond donors (Lipinski definition) is 2. The molecule has 0 saturated carbocycles. The van der Waals surface area contributed by atoms with Gasteiger partial charge >= 0.3 is 11.9 Å². The molecule has 26 heavy (non-hydrogen) atoms. The first-order chi connectivity index (χ1) is 11.7. The Morgan fingerprint density at radius 2 is 2.00 bits per heavy atom. The summed E-state index contributed by atoms with van der Waals surface area (Å²) < 4.78 is 39.9. The van der Waals surface area contributed by atoms with E-state index in [1.807, 2.05) is 0 Å². The van der Waals surface area contributed by atoms with Crippen molar-refractivity contribution in [2.75, 3.05) is 32.7 Å². The molecule has 0 bridgehead atoms. The molecule has 0 radical (unpaired) electrons. The summed E-state index contributed by atoms with van der Waals surface area (Å²) in [6.45, 7) is 0.515. The largest absolute Gasteiger partial charge is 0.405 e. The van der Waals surface area contributed by atoms with Gasteiger partial charge in [0, 0.05) is 32.7 Å². The summed E-state index contributed by atoms with van der Waals surface area (Å²) in [5, 5.41) is 15.9. The minimum absolute atomic E-state index is 0. The van der Waals surface area contributed by atoms with Gasteiger partial charge in [0.05, 0.1) is 4.92 Å². The van der Waals surface area contributed by atoms with E-state index in [0.29, 0.717) is 13.1 Å². The second kappa shape index (κ2) is 9.36. The number of carbonyl (C=O) groups excluding carboxylic acids is 1. The molecular weight excluding hydrogens is 400 g/mol. The van der Waals surface area contributed by atoms with Crippen LogP contribution in [0.3, 0.4) is 0 Å². The zero-order chi connectivity index (χ0) is 18.6. The lowest BCUT2D eigenvalue weighted by Gasteiger charge is -2.35. The fourth-order valence-electron chi connectivity index (χ4n) is 2.61. The molecule has 1 saturated heterocycles. The van der Waals surface area contributed by atoms with Crippen LogP contribution >= 0.6 is 24.0 Å². The van der Waals surface area contributed by atoms with Crippen molar-refractivity contribution in [2.45, 2.75) is 12.2 Å². The van der Waals surface area contributed by atoms with Crippen LogP contribution in [0.1, 0.15) is 10.4 Å². The minimum Gasteiger partial charge on any atom is -0.350 e. The van der Waals surface area contributed by atoms with Crippen molar-refractivity contribution in [3.63, 3.8) is 0 Å². The molecule has 7 nitrogen and oxygen atoms in total. The molecule has 1 aliphatic heterocycles. The van der Waals surface area contributed by atoms with E-state index in [1.165, 1.54) is 17.0 Å². The minimum atomic E-state index is -4.54. The lowest BCUT2D eigenvalue weighted by atomic mass is 10.1. The van der Waals surface area contributed by atoms with Crippen LogP contribution in [-0.2, 0) is 0 Å². The van der Waals surface area contributed by atoms with Gasteiger partial charge in [-0.3, -0.25) is 19.8 Å². The highest BCUT2D eigenvalue weighted by Gasteiger charge is 2.44. The van der Waals surface area contributed by atoms with E-state index in [9.17, 15) is 28.1 Å². The quantitative estimate of drug-likeness (QED) is 0.567. The van der Waals surface area contributed by atoms with E-state index in [4.69, 9.17) is 11.6 Å². The van der Waals surface area contributed by atoms with Crippen molar-refractivity contribution in [3.8, 4) is 0 Å². The van der Waals surface area contributed by atoms with Gasteiger partial charge in [0.1, 0.15) is 16.6 Å². The van der Waals surface area contributed by atoms with Gasteiger partial charge < -0.3 is 10.6 Å². The molecule has 1 fully saturated rings. The van der Waals surface area contributed by atoms with Crippen LogP contribution in [-0.4, -0.2) is 60.7 Å². The van der Waals surface area contributed by atoms with E-state index >= 15 is 0 Å². The Balaban J connectivity index is 0.00000338. The molecule has 0 spiro atoms. The van der Waals surface area contributed by atoms with Gasteiger partial charge in [-0.05, 0) is 12.1 Å². The van der Waals surface area contributed by atoms with Gasteiger partial charge in [-0.25, -0.2) is 0 Å². The molecule has 1 aliphatic rings. The van der Waals surface area contributed by atoms with E-state index in [1.54, 1.807) is 0 Å². The number of nitrogens with one attached hydrogen (secondary N) is 2. The second-order valence-electron chi connectivity index (χ2n) is 5.45. The number of rotatable bonds is 5. The van der Waals surface area contributed by atoms with Crippen LogP contribution < -0.4 is 10.6 Å². The van der Waals surface area contributed by atoms with Crippen LogP contribution in [0.2, 0.25) is 5.02 Å². The number of nitrogens with zero attached hydrogens (tertiary/aromatic N) is 2. The van der Waals surface area contributed by atoms with Crippen LogP contribution in [0.15, 0.2) is 18.2 Å². The smallest absolute Gasteiger partial charge is 0.350 e. The van der Waals surface area contributed by atoms with Crippen molar-refractivity contribution in [1.29, 1.82) is 0 Å². The summed E-state index contributed by atoms with van der Waals surface area (Å²) >= 11 is 5.71. The van der Waals surface area contributed by atoms with E-state index < -0.39 is 35.3 Å². The summed E-state index contributed by atoms with van der Waals surface area (Å²) in [5.41, 5.74) is -1.01. The number of hydrogen-bond acceptors (Lipinski definition) is 5. The van der Waals surface area contributed by atoms with Crippen LogP contribution in [0.4, 0.5) is 18.9 Å². The summed E-state index contributed by atoms with van der Waals surface area (Å²) in [5.74, 6) is -0.974. The summed E-state index contributed by atoms with van der Waals surface area (Å²) in [7, 11) is 0. The molecule has 1 aromatic rings. The first-order valence-electron chi connectivity index (χ1n) is 7.44. The second-order valence-corrected chi connectivity index (χ2v) is 5.85. The Bertz CT molecular complexity index is 655. The lowest BCUT2D eigenvalue weighted by Crippen LogP contribution is -2.57. The van der Waals surface area contributed by atoms with Crippen molar-refractivity contribution in [2.24, 2.45) is 0 Å². The molecule has 2 N–H and O–H groups in total. The summed E-state index contributed by atoms with van der Waals surface area (Å²) in [6, 6.07) is 1.83. The average Bonchev–Trinajstić information content (AvgIpc) is 2.54. The molecule has 1 unspecified atom stereocenters. The first kappa shape index (κ1) is 22.4. The number of para-hydroxylation sites is 1. The van der Waals surface area contributed by atoms with Crippen LogP contribution in [0, 0.1) is 10.1 Å². The first-order valence-corrected chi connectivity index (χ1v) is 7.82. The standard InChI is InChI=1S/C14H16ClF3N4O3.ClH/c15-10-3-1-2-9(12(10)22(24)25)13(23)20-8-11(14(16,17)18)21-6-4-19-5-7-21;/h1-3,11,19H,4-8H2,(H,20,23);1H. The summed E-state index contributed by atoms with van der Waals surface area (Å²) in [6.07, 6.45) is -4.54. The van der Waals surface area contributed by atoms with E-state index in [-0.39, 0.29) is 36.1 Å². The lowest BCUT2D eigenvalue weighted by molar-refractivity contribution is -0.385. The molecule has 1 amide bonds. The van der Waals surface area contributed by atoms with E-state index in [0.717, 1.165) is 6.07 Å². The molecule has 0 aromatic heterocycles. The normalized spacial score (nSPS) is 16.5. The third-order valence-electron chi connectivity index (χ3n) is 3.84. The van der Waals surface area contributed by atoms with Gasteiger partial charge in [-0.1, -0.05) is 17.7 Å². The number of piperazine rings is 1. The van der Waals surface area contributed by atoms with Gasteiger partial charge in [0.25, 0.3) is 5.91 Å². The topological polar surface area (TPSA) is 87.5 Å². The maximum absolute atomic E-state index is 13.3. The highest BCUT2D eigenvalue weighted by atomic mass is 35.5. The van der Waals surface area contributed by atoms with E-state index in [2.05, 4.69) is 10.6 Å². The number of nitro groups is 1. The van der Waals surface area contributed by atoms with Crippen LogP contribution in [0.25, 0.3) is 0 Å². The average molecular weight is 417 g/mol. The number of carbonyl (C=O) groups is 1. The Hall–Kier alpha value is -1.62. The molecule has 12 heteroatoms. The molecule has 1 heterocycles. The molecule has 146 valence electrons. The fourth-order valence-corrected chi connectivity index (χ4v) is 2.86. The number of amides is 1. The molecule has 0 aliphatic carbocycles. The molecule has 1 aromatic carbocycles. The third kappa shape index (κ3) is 5.44. The number of halogens is 5. The highest BCUT2D eigenvalue weighted by molar-refractivity contribution is 6.33. The molecule has 1 atom stereocenters. The Kier molecular flexibility index (Phi) is 8.07. The number of benzene rings is 1. The highest BCUT2D eigenvalue weighted by Crippen LogP contribution is 2.29. The van der Waals surface area contributed by atoms with Gasteiger partial charge in [0.2, 0.25) is 0 Å². The maximum atomic E-state index is 13.3. The Morgan fingerprint density at radius 3 is 2.54 bits per heavy atom. The maximum Gasteiger partial charge on any atom is 0.405 e. The van der Waals surface area contributed by atoms with Crippen LogP contribution in [0.5, 0.6) is 0 Å². The van der Waals surface area contributed by atoms with Gasteiger partial charge in [-0.15, -0.1) is 12.4 Å². The predicted octanol–water partition coefficient (Wildman–Crippen LogP) is 2.24. The SMILES string of the molecule is Cl.O=C(NCC(N1CCNCC1)C(F)(F)F)c1cccc(Cl)c1[N+](=O)[O-]. The molecular formula is C14H17Cl2F3N4O3.